The molecule has 156 valence electrons. The summed E-state index contributed by atoms with van der Waals surface area (Å²) < 4.78 is 58.7. The molecule has 30 heavy (non-hydrogen) atoms. The molecular formula is C21H16F4N2O3. The Morgan fingerprint density at radius 3 is 2.63 bits per heavy atom. The first-order chi connectivity index (χ1) is 14.1. The maximum absolute atomic E-state index is 13.6. The van der Waals surface area contributed by atoms with Crippen molar-refractivity contribution in [3.05, 3.63) is 93.4 Å². The van der Waals surface area contributed by atoms with Gasteiger partial charge in [-0.05, 0) is 49.4 Å². The van der Waals surface area contributed by atoms with Crippen LogP contribution in [0.2, 0.25) is 0 Å². The standard InChI is InChI=1S/C21H16F4N2O3/c1-12-8-14(22)3-4-16(9-12)30-18-10-13(21(23,24)25)2-5-17(18)20(29)27-15-6-7-26-19(28)11-15/h2-8,10-11H,9H2,1H3,(H2,26,27,28,29). The van der Waals surface area contributed by atoms with Crippen LogP contribution >= 0.6 is 0 Å². The Morgan fingerprint density at radius 1 is 1.17 bits per heavy atom. The van der Waals surface area contributed by atoms with Crippen molar-refractivity contribution in [3.63, 3.8) is 0 Å². The molecule has 0 spiro atoms. The van der Waals surface area contributed by atoms with Gasteiger partial charge in [0.05, 0.1) is 11.1 Å². The number of allylic oxidation sites excluding steroid dienone is 5. The number of ether oxygens (including phenoxy) is 1. The number of hydrogen-bond acceptors (Lipinski definition) is 3. The van der Waals surface area contributed by atoms with Crippen molar-refractivity contribution in [2.24, 2.45) is 0 Å². The second-order valence-electron chi connectivity index (χ2n) is 6.56. The molecule has 1 aliphatic carbocycles. The predicted octanol–water partition coefficient (Wildman–Crippen LogP) is 5.11. The number of anilines is 1. The highest BCUT2D eigenvalue weighted by molar-refractivity contribution is 6.06. The molecule has 1 aromatic carbocycles. The van der Waals surface area contributed by atoms with Crippen molar-refractivity contribution in [1.82, 2.24) is 4.98 Å². The molecule has 3 rings (SSSR count). The van der Waals surface area contributed by atoms with Crippen LogP contribution in [0.15, 0.2) is 76.7 Å². The molecule has 0 saturated carbocycles. The van der Waals surface area contributed by atoms with Gasteiger partial charge >= 0.3 is 6.18 Å². The van der Waals surface area contributed by atoms with Gasteiger partial charge in [0.1, 0.15) is 17.3 Å². The first-order valence-corrected chi connectivity index (χ1v) is 8.74. The molecule has 1 aromatic heterocycles. The van der Waals surface area contributed by atoms with Gasteiger partial charge in [0.15, 0.2) is 0 Å². The molecule has 5 nitrogen and oxygen atoms in total. The Kier molecular flexibility index (Phi) is 5.91. The van der Waals surface area contributed by atoms with Gasteiger partial charge in [-0.2, -0.15) is 13.2 Å². The third-order valence-electron chi connectivity index (χ3n) is 4.09. The lowest BCUT2D eigenvalue weighted by Crippen LogP contribution is -2.16. The molecule has 2 aromatic rings. The van der Waals surface area contributed by atoms with Crippen LogP contribution in [0.3, 0.4) is 0 Å². The summed E-state index contributed by atoms with van der Waals surface area (Å²) in [6.07, 6.45) is 0.499. The monoisotopic (exact) mass is 420 g/mol. The molecule has 0 atom stereocenters. The number of halogens is 4. The minimum Gasteiger partial charge on any atom is -0.461 e. The fourth-order valence-corrected chi connectivity index (χ4v) is 2.74. The zero-order valence-electron chi connectivity index (χ0n) is 15.6. The molecule has 0 saturated heterocycles. The number of benzene rings is 1. The van der Waals surface area contributed by atoms with E-state index in [-0.39, 0.29) is 29.2 Å². The highest BCUT2D eigenvalue weighted by atomic mass is 19.4. The highest BCUT2D eigenvalue weighted by Crippen LogP contribution is 2.35. The number of amides is 1. The van der Waals surface area contributed by atoms with Gasteiger partial charge in [-0.25, -0.2) is 4.39 Å². The van der Waals surface area contributed by atoms with Crippen LogP contribution in [0.25, 0.3) is 0 Å². The predicted molar refractivity (Wildman–Crippen MR) is 103 cm³/mol. The van der Waals surface area contributed by atoms with Crippen LogP contribution in [0.5, 0.6) is 5.75 Å². The fraction of sp³-hybridized carbons (Fsp3) is 0.143. The summed E-state index contributed by atoms with van der Waals surface area (Å²) in [5, 5.41) is 2.44. The number of pyridine rings is 1. The van der Waals surface area contributed by atoms with Gasteiger partial charge in [-0.1, -0.05) is 5.57 Å². The fourth-order valence-electron chi connectivity index (χ4n) is 2.74. The Bertz CT molecular complexity index is 1130. The SMILES string of the molecule is CC1=CC(F)=CC=C(Oc2cc(C(F)(F)F)ccc2C(=O)Nc2cc[nH]c(=O)c2)C1. The average molecular weight is 420 g/mol. The first kappa shape index (κ1) is 21.1. The number of carbonyl (C=O) groups is 1. The second kappa shape index (κ2) is 8.40. The Morgan fingerprint density at radius 2 is 1.93 bits per heavy atom. The number of rotatable bonds is 4. The van der Waals surface area contributed by atoms with E-state index in [4.69, 9.17) is 4.74 Å². The summed E-state index contributed by atoms with van der Waals surface area (Å²) in [5.41, 5.74) is -0.898. The van der Waals surface area contributed by atoms with Crippen LogP contribution < -0.4 is 15.6 Å². The number of nitrogens with one attached hydrogen (secondary N) is 2. The third-order valence-corrected chi connectivity index (χ3v) is 4.09. The topological polar surface area (TPSA) is 71.2 Å². The number of alkyl halides is 3. The lowest BCUT2D eigenvalue weighted by molar-refractivity contribution is -0.137. The quantitative estimate of drug-likeness (QED) is 0.675. The smallest absolute Gasteiger partial charge is 0.416 e. The molecule has 0 bridgehead atoms. The molecule has 1 heterocycles. The van der Waals surface area contributed by atoms with Crippen molar-refractivity contribution < 1.29 is 27.1 Å². The zero-order valence-corrected chi connectivity index (χ0v) is 15.6. The molecule has 0 fully saturated rings. The lowest BCUT2D eigenvalue weighted by atomic mass is 10.1. The molecular weight excluding hydrogens is 404 g/mol. The molecule has 2 N–H and O–H groups in total. The molecule has 0 radical (unpaired) electrons. The summed E-state index contributed by atoms with van der Waals surface area (Å²) >= 11 is 0. The van der Waals surface area contributed by atoms with E-state index in [2.05, 4.69) is 10.3 Å². The van der Waals surface area contributed by atoms with Crippen LogP contribution in [-0.4, -0.2) is 10.9 Å². The Balaban J connectivity index is 1.97. The number of carbonyl (C=O) groups excluding carboxylic acids is 1. The van der Waals surface area contributed by atoms with E-state index in [0.29, 0.717) is 11.6 Å². The highest BCUT2D eigenvalue weighted by Gasteiger charge is 2.32. The molecule has 9 heteroatoms. The largest absolute Gasteiger partial charge is 0.461 e. The minimum atomic E-state index is -4.65. The van der Waals surface area contributed by atoms with Gasteiger partial charge in [0, 0.05) is 24.4 Å². The summed E-state index contributed by atoms with van der Waals surface area (Å²) in [6, 6.07) is 4.98. The van der Waals surface area contributed by atoms with Crippen molar-refractivity contribution in [3.8, 4) is 5.75 Å². The summed E-state index contributed by atoms with van der Waals surface area (Å²) in [4.78, 5) is 26.4. The number of H-pyrrole nitrogens is 1. The van der Waals surface area contributed by atoms with Crippen LogP contribution in [-0.2, 0) is 6.18 Å². The number of aromatic nitrogens is 1. The van der Waals surface area contributed by atoms with Gasteiger partial charge in [-0.3, -0.25) is 9.59 Å². The molecule has 0 aliphatic heterocycles. The van der Waals surface area contributed by atoms with Gasteiger partial charge in [0.2, 0.25) is 5.56 Å². The first-order valence-electron chi connectivity index (χ1n) is 8.74. The van der Waals surface area contributed by atoms with Gasteiger partial charge < -0.3 is 15.0 Å². The van der Waals surface area contributed by atoms with Crippen molar-refractivity contribution in [2.45, 2.75) is 19.5 Å². The molecule has 1 amide bonds. The second-order valence-corrected chi connectivity index (χ2v) is 6.56. The summed E-state index contributed by atoms with van der Waals surface area (Å²) in [7, 11) is 0. The lowest BCUT2D eigenvalue weighted by Gasteiger charge is -2.16. The summed E-state index contributed by atoms with van der Waals surface area (Å²) in [6.45, 7) is 1.64. The van der Waals surface area contributed by atoms with Gasteiger partial charge in [0.25, 0.3) is 5.91 Å². The van der Waals surface area contributed by atoms with E-state index in [1.807, 2.05) is 0 Å². The van der Waals surface area contributed by atoms with Crippen LogP contribution in [0.1, 0.15) is 29.3 Å². The van der Waals surface area contributed by atoms with Crippen LogP contribution in [0, 0.1) is 0 Å². The third kappa shape index (κ3) is 5.25. The van der Waals surface area contributed by atoms with Crippen molar-refractivity contribution >= 4 is 11.6 Å². The normalized spacial score (nSPS) is 14.2. The minimum absolute atomic E-state index is 0.148. The van der Waals surface area contributed by atoms with Gasteiger partial charge in [-0.15, -0.1) is 0 Å². The number of hydrogen-bond donors (Lipinski definition) is 2. The van der Waals surface area contributed by atoms with E-state index in [0.717, 1.165) is 24.3 Å². The van der Waals surface area contributed by atoms with E-state index < -0.39 is 29.0 Å². The Hall–Kier alpha value is -3.62. The average Bonchev–Trinajstić information content (AvgIpc) is 2.80. The van der Waals surface area contributed by atoms with E-state index >= 15 is 0 Å². The summed E-state index contributed by atoms with van der Waals surface area (Å²) in [5.74, 6) is -1.47. The Labute approximate surface area is 168 Å². The van der Waals surface area contributed by atoms with Crippen molar-refractivity contribution in [2.75, 3.05) is 5.32 Å². The van der Waals surface area contributed by atoms with E-state index in [9.17, 15) is 27.2 Å². The zero-order chi connectivity index (χ0) is 21.9. The molecule has 0 unspecified atom stereocenters. The molecule has 1 aliphatic rings. The van der Waals surface area contributed by atoms with Crippen LogP contribution in [0.4, 0.5) is 23.2 Å². The van der Waals surface area contributed by atoms with Crippen molar-refractivity contribution in [1.29, 1.82) is 0 Å². The van der Waals surface area contributed by atoms with E-state index in [1.165, 1.54) is 24.4 Å². The number of aromatic amines is 1. The maximum Gasteiger partial charge on any atom is 0.416 e. The van der Waals surface area contributed by atoms with E-state index in [1.54, 1.807) is 6.92 Å². The maximum atomic E-state index is 13.6.